The monoisotopic (exact) mass is 175 g/mol. The summed E-state index contributed by atoms with van der Waals surface area (Å²) in [6.45, 7) is 10.1. The molecule has 2 heteroatoms. The van der Waals surface area contributed by atoms with Gasteiger partial charge in [-0.2, -0.15) is 0 Å². The molecular formula is C10H27N2+. The van der Waals surface area contributed by atoms with Crippen LogP contribution < -0.4 is 0 Å². The highest BCUT2D eigenvalue weighted by Crippen LogP contribution is 1.81. The van der Waals surface area contributed by atoms with Crippen molar-refractivity contribution < 1.29 is 4.48 Å². The first-order valence-electron chi connectivity index (χ1n) is 4.86. The van der Waals surface area contributed by atoms with Crippen LogP contribution in [0.4, 0.5) is 0 Å². The summed E-state index contributed by atoms with van der Waals surface area (Å²) in [4.78, 5) is 2.38. The van der Waals surface area contributed by atoms with Gasteiger partial charge in [0.1, 0.15) is 0 Å². The van der Waals surface area contributed by atoms with E-state index in [-0.39, 0.29) is 0 Å². The molecule has 0 heterocycles. The second-order valence-corrected chi connectivity index (χ2v) is 4.30. The van der Waals surface area contributed by atoms with Gasteiger partial charge in [-0.15, -0.1) is 0 Å². The fraction of sp³-hybridized carbons (Fsp3) is 1.00. The molecule has 0 unspecified atom stereocenters. The lowest BCUT2D eigenvalue weighted by Crippen LogP contribution is -2.27. The summed E-state index contributed by atoms with van der Waals surface area (Å²) >= 11 is 0. The molecule has 0 saturated carbocycles. The van der Waals surface area contributed by atoms with E-state index in [9.17, 15) is 0 Å². The van der Waals surface area contributed by atoms with Gasteiger partial charge in [-0.25, -0.2) is 0 Å². The summed E-state index contributed by atoms with van der Waals surface area (Å²) < 4.78 is 1.00. The maximum atomic E-state index is 2.38. The van der Waals surface area contributed by atoms with E-state index >= 15 is 0 Å². The Morgan fingerprint density at radius 3 is 0.917 bits per heavy atom. The number of nitrogens with zero attached hydrogens (tertiary/aromatic N) is 2. The maximum absolute atomic E-state index is 2.38. The minimum absolute atomic E-state index is 1.00. The zero-order valence-corrected chi connectivity index (χ0v) is 10.0. The van der Waals surface area contributed by atoms with Gasteiger partial charge in [-0.3, -0.25) is 0 Å². The Bertz CT molecular complexity index is 68.8. The van der Waals surface area contributed by atoms with Gasteiger partial charge in [0.15, 0.2) is 0 Å². The highest BCUT2D eigenvalue weighted by molar-refractivity contribution is 4.43. The van der Waals surface area contributed by atoms with Crippen molar-refractivity contribution in [3.8, 4) is 0 Å². The van der Waals surface area contributed by atoms with Crippen molar-refractivity contribution in [2.45, 2.75) is 20.8 Å². The number of hydrogen-bond donors (Lipinski definition) is 0. The summed E-state index contributed by atoms with van der Waals surface area (Å²) in [5.41, 5.74) is 0. The van der Waals surface area contributed by atoms with Crippen molar-refractivity contribution in [2.24, 2.45) is 0 Å². The minimum atomic E-state index is 1.00. The van der Waals surface area contributed by atoms with Crippen LogP contribution in [0, 0.1) is 0 Å². The summed E-state index contributed by atoms with van der Waals surface area (Å²) in [5, 5.41) is 0. The van der Waals surface area contributed by atoms with Crippen LogP contribution in [0.1, 0.15) is 20.8 Å². The lowest BCUT2D eigenvalue weighted by Gasteiger charge is -2.14. The third-order valence-electron chi connectivity index (χ3n) is 1.34. The van der Waals surface area contributed by atoms with Crippen LogP contribution in [0.15, 0.2) is 0 Å². The van der Waals surface area contributed by atoms with Crippen LogP contribution in [0.3, 0.4) is 0 Å². The van der Waals surface area contributed by atoms with E-state index in [4.69, 9.17) is 0 Å². The fourth-order valence-electron chi connectivity index (χ4n) is 0.671. The van der Waals surface area contributed by atoms with E-state index in [2.05, 4.69) is 53.9 Å². The van der Waals surface area contributed by atoms with Crippen molar-refractivity contribution in [1.82, 2.24) is 4.90 Å². The summed E-state index contributed by atoms with van der Waals surface area (Å²) in [6, 6.07) is 0. The Morgan fingerprint density at radius 1 is 0.750 bits per heavy atom. The normalized spacial score (nSPS) is 11.0. The van der Waals surface area contributed by atoms with E-state index in [0.717, 1.165) is 4.48 Å². The molecular weight excluding hydrogens is 148 g/mol. The lowest BCUT2D eigenvalue weighted by atomic mass is 10.5. The smallest absolute Gasteiger partial charge is 0.0675 e. The highest BCUT2D eigenvalue weighted by Gasteiger charge is 1.89. The molecule has 0 aliphatic heterocycles. The first kappa shape index (κ1) is 14.4. The van der Waals surface area contributed by atoms with Crippen LogP contribution in [-0.4, -0.2) is 57.2 Å². The van der Waals surface area contributed by atoms with Gasteiger partial charge in [-0.1, -0.05) is 20.8 Å². The van der Waals surface area contributed by atoms with Gasteiger partial charge in [0, 0.05) is 0 Å². The molecule has 12 heavy (non-hydrogen) atoms. The Morgan fingerprint density at radius 2 is 0.917 bits per heavy atom. The first-order chi connectivity index (χ1) is 5.35. The van der Waals surface area contributed by atoms with Crippen molar-refractivity contribution in [1.29, 1.82) is 0 Å². The number of hydrogen-bond acceptors (Lipinski definition) is 1. The molecule has 0 aliphatic rings. The molecule has 76 valence electrons. The Hall–Kier alpha value is -0.0800. The molecule has 0 aromatic rings. The van der Waals surface area contributed by atoms with Crippen molar-refractivity contribution in [3.05, 3.63) is 0 Å². The van der Waals surface area contributed by atoms with Crippen LogP contribution in [0.25, 0.3) is 0 Å². The lowest BCUT2D eigenvalue weighted by molar-refractivity contribution is -0.849. The summed E-state index contributed by atoms with van der Waals surface area (Å²) in [5.74, 6) is 0. The van der Waals surface area contributed by atoms with Gasteiger partial charge in [0.2, 0.25) is 0 Å². The SMILES string of the molecule is CCN(CC)CC.C[N+](C)(C)C. The van der Waals surface area contributed by atoms with Gasteiger partial charge < -0.3 is 9.38 Å². The second kappa shape index (κ2) is 7.56. The van der Waals surface area contributed by atoms with Crippen molar-refractivity contribution >= 4 is 0 Å². The number of quaternary nitrogens is 1. The van der Waals surface area contributed by atoms with E-state index < -0.39 is 0 Å². The van der Waals surface area contributed by atoms with Crippen LogP contribution in [-0.2, 0) is 0 Å². The molecule has 0 radical (unpaired) electrons. The highest BCUT2D eigenvalue weighted by atomic mass is 15.2. The first-order valence-corrected chi connectivity index (χ1v) is 4.86. The summed E-state index contributed by atoms with van der Waals surface area (Å²) in [6.07, 6.45) is 0. The predicted octanol–water partition coefficient (Wildman–Crippen LogP) is 1.67. The molecule has 0 saturated heterocycles. The molecule has 0 spiro atoms. The zero-order valence-electron chi connectivity index (χ0n) is 10.0. The van der Waals surface area contributed by atoms with E-state index in [1.807, 2.05) is 0 Å². The average molecular weight is 175 g/mol. The van der Waals surface area contributed by atoms with Gasteiger partial charge in [0.25, 0.3) is 0 Å². The molecule has 0 N–H and O–H groups in total. The van der Waals surface area contributed by atoms with E-state index in [1.54, 1.807) is 0 Å². The Kier molecular flexibility index (Phi) is 9.10. The molecule has 0 rings (SSSR count). The minimum Gasteiger partial charge on any atom is -0.333 e. The largest absolute Gasteiger partial charge is 0.333 e. The fourth-order valence-corrected chi connectivity index (χ4v) is 0.671. The average Bonchev–Trinajstić information content (AvgIpc) is 1.88. The summed E-state index contributed by atoms with van der Waals surface area (Å²) in [7, 11) is 8.50. The van der Waals surface area contributed by atoms with Crippen molar-refractivity contribution in [2.75, 3.05) is 47.8 Å². The Labute approximate surface area is 78.8 Å². The van der Waals surface area contributed by atoms with E-state index in [1.165, 1.54) is 19.6 Å². The molecule has 0 bridgehead atoms. The molecule has 2 nitrogen and oxygen atoms in total. The van der Waals surface area contributed by atoms with Crippen LogP contribution >= 0.6 is 0 Å². The van der Waals surface area contributed by atoms with Crippen LogP contribution in [0.2, 0.25) is 0 Å². The third-order valence-corrected chi connectivity index (χ3v) is 1.34. The standard InChI is InChI=1S/C6H15N.C4H12N/c1-4-7(5-2)6-3;1-5(2,3)4/h4-6H2,1-3H3;1-4H3/q;+1. The molecule has 0 aliphatic carbocycles. The predicted molar refractivity (Wildman–Crippen MR) is 57.4 cm³/mol. The molecule has 0 aromatic carbocycles. The second-order valence-electron chi connectivity index (χ2n) is 4.30. The zero-order chi connectivity index (χ0) is 10.2. The molecule has 0 amide bonds. The van der Waals surface area contributed by atoms with Gasteiger partial charge >= 0.3 is 0 Å². The van der Waals surface area contributed by atoms with Gasteiger partial charge in [-0.05, 0) is 19.6 Å². The maximum Gasteiger partial charge on any atom is 0.0675 e. The molecule has 0 fully saturated rings. The topological polar surface area (TPSA) is 3.24 Å². The quantitative estimate of drug-likeness (QED) is 0.590. The molecule has 0 atom stereocenters. The Balaban J connectivity index is 0. The van der Waals surface area contributed by atoms with E-state index in [0.29, 0.717) is 0 Å². The van der Waals surface area contributed by atoms with Crippen molar-refractivity contribution in [3.63, 3.8) is 0 Å². The third kappa shape index (κ3) is 22.5. The van der Waals surface area contributed by atoms with Gasteiger partial charge in [0.05, 0.1) is 28.2 Å². The van der Waals surface area contributed by atoms with Crippen LogP contribution in [0.5, 0.6) is 0 Å². The number of rotatable bonds is 3. The molecule has 0 aromatic heterocycles.